The fraction of sp³-hybridized carbons (Fsp3) is 0.0909. The highest BCUT2D eigenvalue weighted by Gasteiger charge is 2.17. The molecule has 2 N–H and O–H groups in total. The number of aromatic nitrogens is 2. The number of rotatable bonds is 2. The lowest BCUT2D eigenvalue weighted by Crippen LogP contribution is -2.02. The van der Waals surface area contributed by atoms with Crippen LogP contribution in [0, 0.1) is 12.7 Å². The van der Waals surface area contributed by atoms with Crippen molar-refractivity contribution in [2.75, 3.05) is 0 Å². The predicted molar refractivity (Wildman–Crippen MR) is 55.7 cm³/mol. The summed E-state index contributed by atoms with van der Waals surface area (Å²) in [6, 6.07) is 4.23. The molecule has 1 heterocycles. The summed E-state index contributed by atoms with van der Waals surface area (Å²) in [6.45, 7) is 1.77. The van der Waals surface area contributed by atoms with Gasteiger partial charge < -0.3 is 5.11 Å². The van der Waals surface area contributed by atoms with Gasteiger partial charge in [0.25, 0.3) is 0 Å². The van der Waals surface area contributed by atoms with E-state index in [0.29, 0.717) is 5.69 Å². The van der Waals surface area contributed by atoms with Gasteiger partial charge in [0.2, 0.25) is 0 Å². The summed E-state index contributed by atoms with van der Waals surface area (Å²) < 4.78 is 13.8. The Morgan fingerprint density at radius 2 is 2.25 bits per heavy atom. The molecule has 0 unspecified atom stereocenters. The van der Waals surface area contributed by atoms with Crippen molar-refractivity contribution in [2.45, 2.75) is 6.92 Å². The Morgan fingerprint density at radius 3 is 2.81 bits per heavy atom. The third-order valence-corrected chi connectivity index (χ3v) is 2.32. The van der Waals surface area contributed by atoms with E-state index in [2.05, 4.69) is 10.2 Å². The van der Waals surface area contributed by atoms with Gasteiger partial charge >= 0.3 is 5.97 Å². The lowest BCUT2D eigenvalue weighted by atomic mass is 10.0. The van der Waals surface area contributed by atoms with Crippen molar-refractivity contribution in [3.8, 4) is 11.3 Å². The number of benzene rings is 1. The fourth-order valence-corrected chi connectivity index (χ4v) is 1.50. The normalized spacial score (nSPS) is 10.4. The summed E-state index contributed by atoms with van der Waals surface area (Å²) in [5, 5.41) is 15.3. The summed E-state index contributed by atoms with van der Waals surface area (Å²) in [4.78, 5) is 10.8. The fourth-order valence-electron chi connectivity index (χ4n) is 1.50. The van der Waals surface area contributed by atoms with Crippen molar-refractivity contribution in [1.29, 1.82) is 0 Å². The van der Waals surface area contributed by atoms with Crippen molar-refractivity contribution in [3.63, 3.8) is 0 Å². The maximum Gasteiger partial charge on any atom is 0.338 e. The van der Waals surface area contributed by atoms with E-state index in [9.17, 15) is 9.18 Å². The van der Waals surface area contributed by atoms with E-state index in [1.807, 2.05) is 0 Å². The molecular formula is C11H9FN2O2. The maximum absolute atomic E-state index is 13.8. The Labute approximate surface area is 90.7 Å². The highest BCUT2D eigenvalue weighted by molar-refractivity contribution is 5.89. The standard InChI is InChI=1S/C11H9FN2O2/c1-6-5-13-14-10(6)7-3-2-4-8(9(7)12)11(15)16/h2-5H,1H3,(H,13,14)(H,15,16). The van der Waals surface area contributed by atoms with Crippen LogP contribution < -0.4 is 0 Å². The first-order valence-electron chi connectivity index (χ1n) is 4.64. The van der Waals surface area contributed by atoms with Gasteiger partial charge in [-0.3, -0.25) is 5.10 Å². The molecule has 1 aromatic carbocycles. The first-order valence-corrected chi connectivity index (χ1v) is 4.64. The average molecular weight is 220 g/mol. The number of aromatic carboxylic acids is 1. The first-order chi connectivity index (χ1) is 7.61. The Kier molecular flexibility index (Phi) is 2.44. The molecule has 0 atom stereocenters. The third kappa shape index (κ3) is 1.56. The van der Waals surface area contributed by atoms with Gasteiger partial charge in [-0.1, -0.05) is 6.07 Å². The number of aromatic amines is 1. The molecule has 0 aliphatic carbocycles. The van der Waals surface area contributed by atoms with Crippen LogP contribution in [0.3, 0.4) is 0 Å². The largest absolute Gasteiger partial charge is 0.478 e. The molecular weight excluding hydrogens is 211 g/mol. The minimum absolute atomic E-state index is 0.193. The molecule has 1 aromatic heterocycles. The zero-order chi connectivity index (χ0) is 11.7. The Hall–Kier alpha value is -2.17. The summed E-state index contributed by atoms with van der Waals surface area (Å²) in [5.41, 5.74) is 1.04. The molecule has 16 heavy (non-hydrogen) atoms. The Morgan fingerprint density at radius 1 is 1.50 bits per heavy atom. The maximum atomic E-state index is 13.8. The van der Waals surface area contributed by atoms with Crippen LogP contribution in [0.25, 0.3) is 11.3 Å². The lowest BCUT2D eigenvalue weighted by molar-refractivity contribution is 0.0692. The number of hydrogen-bond acceptors (Lipinski definition) is 2. The van der Waals surface area contributed by atoms with Gasteiger partial charge in [0.1, 0.15) is 5.82 Å². The number of carbonyl (C=O) groups is 1. The topological polar surface area (TPSA) is 66.0 Å². The summed E-state index contributed by atoms with van der Waals surface area (Å²) in [7, 11) is 0. The van der Waals surface area contributed by atoms with Crippen LogP contribution >= 0.6 is 0 Å². The average Bonchev–Trinajstić information content (AvgIpc) is 2.64. The van der Waals surface area contributed by atoms with Gasteiger partial charge in [-0.15, -0.1) is 0 Å². The number of carboxylic acid groups (broad SMARTS) is 1. The van der Waals surface area contributed by atoms with Crippen LogP contribution in [0.1, 0.15) is 15.9 Å². The number of aryl methyl sites for hydroxylation is 1. The van der Waals surface area contributed by atoms with Gasteiger partial charge in [0.05, 0.1) is 11.3 Å². The summed E-state index contributed by atoms with van der Waals surface area (Å²) >= 11 is 0. The third-order valence-electron chi connectivity index (χ3n) is 2.32. The summed E-state index contributed by atoms with van der Waals surface area (Å²) in [5.74, 6) is -2.04. The Bertz CT molecular complexity index is 549. The van der Waals surface area contributed by atoms with E-state index < -0.39 is 11.8 Å². The molecule has 0 aliphatic rings. The molecule has 0 saturated heterocycles. The summed E-state index contributed by atoms with van der Waals surface area (Å²) in [6.07, 6.45) is 1.63. The number of H-pyrrole nitrogens is 1. The van der Waals surface area contributed by atoms with E-state index in [-0.39, 0.29) is 11.1 Å². The van der Waals surface area contributed by atoms with Crippen LogP contribution in [-0.2, 0) is 0 Å². The molecule has 0 spiro atoms. The predicted octanol–water partition coefficient (Wildman–Crippen LogP) is 2.22. The van der Waals surface area contributed by atoms with E-state index in [1.165, 1.54) is 18.2 Å². The molecule has 0 amide bonds. The van der Waals surface area contributed by atoms with Crippen LogP contribution in [0.5, 0.6) is 0 Å². The van der Waals surface area contributed by atoms with Crippen LogP contribution in [0.15, 0.2) is 24.4 Å². The van der Waals surface area contributed by atoms with Gasteiger partial charge in [0, 0.05) is 11.8 Å². The number of carboxylic acids is 1. The van der Waals surface area contributed by atoms with E-state index in [4.69, 9.17) is 5.11 Å². The minimum Gasteiger partial charge on any atom is -0.478 e. The van der Waals surface area contributed by atoms with Crippen molar-refractivity contribution >= 4 is 5.97 Å². The number of hydrogen-bond donors (Lipinski definition) is 2. The van der Waals surface area contributed by atoms with Crippen LogP contribution in [0.4, 0.5) is 4.39 Å². The molecule has 0 bridgehead atoms. The second-order valence-corrected chi connectivity index (χ2v) is 3.39. The number of halogens is 1. The van der Waals surface area contributed by atoms with Gasteiger partial charge in [0.15, 0.2) is 0 Å². The quantitative estimate of drug-likeness (QED) is 0.815. The first kappa shape index (κ1) is 10.4. The van der Waals surface area contributed by atoms with Gasteiger partial charge in [-0.2, -0.15) is 5.10 Å². The molecule has 2 rings (SSSR count). The van der Waals surface area contributed by atoms with E-state index in [1.54, 1.807) is 13.1 Å². The molecule has 0 fully saturated rings. The molecule has 5 heteroatoms. The van der Waals surface area contributed by atoms with Crippen molar-refractivity contribution in [3.05, 3.63) is 41.3 Å². The van der Waals surface area contributed by atoms with Crippen LogP contribution in [0.2, 0.25) is 0 Å². The number of nitrogens with zero attached hydrogens (tertiary/aromatic N) is 1. The second-order valence-electron chi connectivity index (χ2n) is 3.39. The molecule has 0 aliphatic heterocycles. The molecule has 0 saturated carbocycles. The molecule has 4 nitrogen and oxygen atoms in total. The zero-order valence-corrected chi connectivity index (χ0v) is 8.49. The van der Waals surface area contributed by atoms with Gasteiger partial charge in [-0.25, -0.2) is 9.18 Å². The molecule has 82 valence electrons. The Balaban J connectivity index is 2.63. The van der Waals surface area contributed by atoms with Gasteiger partial charge in [-0.05, 0) is 24.6 Å². The smallest absolute Gasteiger partial charge is 0.338 e. The zero-order valence-electron chi connectivity index (χ0n) is 8.49. The van der Waals surface area contributed by atoms with Crippen molar-refractivity contribution in [2.24, 2.45) is 0 Å². The SMILES string of the molecule is Cc1c[nH]nc1-c1cccc(C(=O)O)c1F. The van der Waals surface area contributed by atoms with E-state index in [0.717, 1.165) is 5.56 Å². The molecule has 2 aromatic rings. The van der Waals surface area contributed by atoms with Crippen LogP contribution in [-0.4, -0.2) is 21.3 Å². The second kappa shape index (κ2) is 3.77. The van der Waals surface area contributed by atoms with Crippen molar-refractivity contribution < 1.29 is 14.3 Å². The minimum atomic E-state index is -1.28. The monoisotopic (exact) mass is 220 g/mol. The van der Waals surface area contributed by atoms with Crippen molar-refractivity contribution in [1.82, 2.24) is 10.2 Å². The lowest BCUT2D eigenvalue weighted by Gasteiger charge is -2.03. The highest BCUT2D eigenvalue weighted by atomic mass is 19.1. The van der Waals surface area contributed by atoms with E-state index >= 15 is 0 Å². The molecule has 0 radical (unpaired) electrons. The number of nitrogens with one attached hydrogen (secondary N) is 1. The highest BCUT2D eigenvalue weighted by Crippen LogP contribution is 2.25.